The molecule has 0 aliphatic heterocycles. The van der Waals surface area contributed by atoms with Gasteiger partial charge in [0.25, 0.3) is 0 Å². The third-order valence-corrected chi connectivity index (χ3v) is 6.09. The molecule has 2 atom stereocenters. The standard InChI is InChI=1S/C21H23NO2S/c1-17-11-15-20(16-12-17)25(23,24)22-21-10-6-5-9-19(21)14-13-18-7-3-2-4-8-18/h2-4,7-8,11-12,15-16,19,21-22H,5-6,9-10H2,1H3/t19-,21+/m0/s1. The summed E-state index contributed by atoms with van der Waals surface area (Å²) in [7, 11) is -3.51. The minimum atomic E-state index is -3.51. The summed E-state index contributed by atoms with van der Waals surface area (Å²) in [5.74, 6) is 6.54. The van der Waals surface area contributed by atoms with Crippen LogP contribution in [0.4, 0.5) is 0 Å². The Labute approximate surface area is 150 Å². The van der Waals surface area contributed by atoms with Crippen LogP contribution in [-0.2, 0) is 10.0 Å². The van der Waals surface area contributed by atoms with Gasteiger partial charge in [0.1, 0.15) is 0 Å². The van der Waals surface area contributed by atoms with Gasteiger partial charge in [-0.25, -0.2) is 13.1 Å². The van der Waals surface area contributed by atoms with E-state index in [-0.39, 0.29) is 12.0 Å². The van der Waals surface area contributed by atoms with Crippen molar-refractivity contribution < 1.29 is 8.42 Å². The van der Waals surface area contributed by atoms with Crippen LogP contribution >= 0.6 is 0 Å². The highest BCUT2D eigenvalue weighted by atomic mass is 32.2. The minimum Gasteiger partial charge on any atom is -0.207 e. The lowest BCUT2D eigenvalue weighted by Gasteiger charge is -2.28. The molecule has 3 nitrogen and oxygen atoms in total. The third-order valence-electron chi connectivity index (χ3n) is 4.58. The second kappa shape index (κ2) is 7.86. The predicted molar refractivity (Wildman–Crippen MR) is 101 cm³/mol. The van der Waals surface area contributed by atoms with E-state index in [0.717, 1.165) is 36.8 Å². The Morgan fingerprint density at radius 3 is 2.36 bits per heavy atom. The van der Waals surface area contributed by atoms with Crippen molar-refractivity contribution in [2.75, 3.05) is 0 Å². The first-order chi connectivity index (χ1) is 12.0. The molecule has 1 aliphatic rings. The molecule has 0 heterocycles. The Balaban J connectivity index is 1.77. The molecule has 25 heavy (non-hydrogen) atoms. The van der Waals surface area contributed by atoms with Gasteiger partial charge in [-0.1, -0.05) is 60.6 Å². The van der Waals surface area contributed by atoms with Crippen LogP contribution in [0.2, 0.25) is 0 Å². The van der Waals surface area contributed by atoms with Gasteiger partial charge in [0.15, 0.2) is 0 Å². The quantitative estimate of drug-likeness (QED) is 0.851. The monoisotopic (exact) mass is 353 g/mol. The molecule has 0 spiro atoms. The van der Waals surface area contributed by atoms with E-state index in [1.165, 1.54) is 0 Å². The van der Waals surface area contributed by atoms with Crippen LogP contribution in [0.3, 0.4) is 0 Å². The maximum absolute atomic E-state index is 12.7. The number of hydrogen-bond donors (Lipinski definition) is 1. The van der Waals surface area contributed by atoms with Crippen molar-refractivity contribution in [2.45, 2.75) is 43.5 Å². The summed E-state index contributed by atoms with van der Waals surface area (Å²) in [5, 5.41) is 0. The largest absolute Gasteiger partial charge is 0.240 e. The highest BCUT2D eigenvalue weighted by molar-refractivity contribution is 7.89. The highest BCUT2D eigenvalue weighted by Gasteiger charge is 2.28. The zero-order chi connectivity index (χ0) is 17.7. The first-order valence-corrected chi connectivity index (χ1v) is 10.2. The molecule has 3 rings (SSSR count). The molecule has 2 aromatic carbocycles. The summed E-state index contributed by atoms with van der Waals surface area (Å²) in [6.07, 6.45) is 3.89. The number of rotatable bonds is 3. The fraction of sp³-hybridized carbons (Fsp3) is 0.333. The number of nitrogens with one attached hydrogen (secondary N) is 1. The van der Waals surface area contributed by atoms with Gasteiger partial charge in [0, 0.05) is 17.5 Å². The zero-order valence-electron chi connectivity index (χ0n) is 14.4. The van der Waals surface area contributed by atoms with Crippen molar-refractivity contribution in [1.82, 2.24) is 4.72 Å². The average molecular weight is 353 g/mol. The normalized spacial score (nSPS) is 20.5. The van der Waals surface area contributed by atoms with Gasteiger partial charge in [-0.05, 0) is 44.0 Å². The number of benzene rings is 2. The lowest BCUT2D eigenvalue weighted by molar-refractivity contribution is 0.348. The van der Waals surface area contributed by atoms with E-state index in [4.69, 9.17) is 0 Å². The lowest BCUT2D eigenvalue weighted by Crippen LogP contribution is -2.41. The molecule has 1 N–H and O–H groups in total. The van der Waals surface area contributed by atoms with Crippen molar-refractivity contribution in [2.24, 2.45) is 5.92 Å². The lowest BCUT2D eigenvalue weighted by atomic mass is 9.85. The molecule has 2 aromatic rings. The summed E-state index contributed by atoms with van der Waals surface area (Å²) >= 11 is 0. The van der Waals surface area contributed by atoms with Crippen LogP contribution in [0.5, 0.6) is 0 Å². The van der Waals surface area contributed by atoms with Gasteiger partial charge in [0.05, 0.1) is 4.90 Å². The summed E-state index contributed by atoms with van der Waals surface area (Å²) in [4.78, 5) is 0.318. The van der Waals surface area contributed by atoms with Crippen molar-refractivity contribution in [3.05, 3.63) is 65.7 Å². The van der Waals surface area contributed by atoms with Crippen molar-refractivity contribution in [3.63, 3.8) is 0 Å². The van der Waals surface area contributed by atoms with Gasteiger partial charge in [-0.3, -0.25) is 0 Å². The summed E-state index contributed by atoms with van der Waals surface area (Å²) in [5.41, 5.74) is 2.01. The van der Waals surface area contributed by atoms with E-state index in [1.807, 2.05) is 49.4 Å². The Kier molecular flexibility index (Phi) is 5.57. The molecule has 0 amide bonds. The molecule has 1 fully saturated rings. The van der Waals surface area contributed by atoms with Crippen LogP contribution in [0.1, 0.15) is 36.8 Å². The van der Waals surface area contributed by atoms with Crippen LogP contribution in [0.25, 0.3) is 0 Å². The molecule has 4 heteroatoms. The third kappa shape index (κ3) is 4.72. The summed E-state index contributed by atoms with van der Waals surface area (Å²) in [6.45, 7) is 1.94. The fourth-order valence-corrected chi connectivity index (χ4v) is 4.44. The SMILES string of the molecule is Cc1ccc(S(=O)(=O)N[C@@H]2CCCC[C@H]2C#Cc2ccccc2)cc1. The smallest absolute Gasteiger partial charge is 0.207 e. The number of hydrogen-bond acceptors (Lipinski definition) is 2. The maximum atomic E-state index is 12.7. The minimum absolute atomic E-state index is 0.0502. The second-order valence-corrected chi connectivity index (χ2v) is 8.28. The second-order valence-electron chi connectivity index (χ2n) is 6.57. The molecule has 0 bridgehead atoms. The Bertz CT molecular complexity index is 862. The molecule has 0 unspecified atom stereocenters. The van der Waals surface area contributed by atoms with Crippen LogP contribution in [0.15, 0.2) is 59.5 Å². The highest BCUT2D eigenvalue weighted by Crippen LogP contribution is 2.25. The molecule has 1 aliphatic carbocycles. The Hall–Kier alpha value is -2.09. The zero-order valence-corrected chi connectivity index (χ0v) is 15.2. The average Bonchev–Trinajstić information content (AvgIpc) is 2.62. The van der Waals surface area contributed by atoms with Gasteiger partial charge in [-0.2, -0.15) is 0 Å². The van der Waals surface area contributed by atoms with Gasteiger partial charge >= 0.3 is 0 Å². The van der Waals surface area contributed by atoms with Crippen molar-refractivity contribution >= 4 is 10.0 Å². The maximum Gasteiger partial charge on any atom is 0.240 e. The molecule has 130 valence electrons. The summed E-state index contributed by atoms with van der Waals surface area (Å²) in [6, 6.07) is 16.7. The topological polar surface area (TPSA) is 46.2 Å². The predicted octanol–water partition coefficient (Wildman–Crippen LogP) is 3.88. The first kappa shape index (κ1) is 17.7. The number of aryl methyl sites for hydroxylation is 1. The van der Waals surface area contributed by atoms with E-state index in [0.29, 0.717) is 4.90 Å². The molecule has 0 aromatic heterocycles. The Morgan fingerprint density at radius 1 is 0.960 bits per heavy atom. The van der Waals surface area contributed by atoms with Gasteiger partial charge in [0.2, 0.25) is 10.0 Å². The van der Waals surface area contributed by atoms with E-state index >= 15 is 0 Å². The van der Waals surface area contributed by atoms with E-state index < -0.39 is 10.0 Å². The fourth-order valence-electron chi connectivity index (χ4n) is 3.13. The number of sulfonamides is 1. The van der Waals surface area contributed by atoms with Crippen LogP contribution in [0, 0.1) is 24.7 Å². The summed E-state index contributed by atoms with van der Waals surface area (Å²) < 4.78 is 28.2. The molecule has 0 radical (unpaired) electrons. The van der Waals surface area contributed by atoms with Gasteiger partial charge in [-0.15, -0.1) is 0 Å². The van der Waals surface area contributed by atoms with E-state index in [1.54, 1.807) is 12.1 Å². The van der Waals surface area contributed by atoms with Gasteiger partial charge < -0.3 is 0 Å². The first-order valence-electron chi connectivity index (χ1n) is 8.70. The molecule has 0 saturated heterocycles. The van der Waals surface area contributed by atoms with Crippen LogP contribution in [-0.4, -0.2) is 14.5 Å². The molecular weight excluding hydrogens is 330 g/mol. The van der Waals surface area contributed by atoms with Crippen molar-refractivity contribution in [3.8, 4) is 11.8 Å². The molecular formula is C21H23NO2S. The molecule has 1 saturated carbocycles. The Morgan fingerprint density at radius 2 is 1.64 bits per heavy atom. The van der Waals surface area contributed by atoms with Crippen LogP contribution < -0.4 is 4.72 Å². The van der Waals surface area contributed by atoms with E-state index in [9.17, 15) is 8.42 Å². The van der Waals surface area contributed by atoms with E-state index in [2.05, 4.69) is 16.6 Å². The van der Waals surface area contributed by atoms with Crippen molar-refractivity contribution in [1.29, 1.82) is 0 Å².